The Balaban J connectivity index is 1.67. The van der Waals surface area contributed by atoms with Gasteiger partial charge < -0.3 is 10.2 Å². The van der Waals surface area contributed by atoms with E-state index >= 15 is 0 Å². The van der Waals surface area contributed by atoms with Crippen LogP contribution < -0.4 is 5.32 Å². The van der Waals surface area contributed by atoms with E-state index in [4.69, 9.17) is 11.6 Å². The molecule has 0 atom stereocenters. The van der Waals surface area contributed by atoms with E-state index in [-0.39, 0.29) is 17.6 Å². The topological polar surface area (TPSA) is 49.4 Å². The molecule has 1 aliphatic rings. The number of anilines is 1. The number of likely N-dealkylation sites (tertiary alicyclic amines) is 1. The minimum atomic E-state index is -0.105. The van der Waals surface area contributed by atoms with Crippen LogP contribution in [0.25, 0.3) is 0 Å². The van der Waals surface area contributed by atoms with Gasteiger partial charge in [0.1, 0.15) is 0 Å². The molecule has 1 aliphatic heterocycles. The van der Waals surface area contributed by atoms with E-state index in [9.17, 15) is 9.59 Å². The van der Waals surface area contributed by atoms with Gasteiger partial charge in [0.2, 0.25) is 11.8 Å². The van der Waals surface area contributed by atoms with Crippen LogP contribution in [-0.2, 0) is 9.59 Å². The first-order valence-corrected chi connectivity index (χ1v) is 8.09. The molecule has 0 unspecified atom stereocenters. The molecule has 2 rings (SSSR count). The SMILES string of the molecule is O=C(CSCC(=O)N1CCCC1)Nc1ccc(Cl)cc1. The predicted octanol–water partition coefficient (Wildman–Crippen LogP) is 2.63. The number of nitrogens with one attached hydrogen (secondary N) is 1. The van der Waals surface area contributed by atoms with E-state index in [1.165, 1.54) is 11.8 Å². The summed E-state index contributed by atoms with van der Waals surface area (Å²) in [6.45, 7) is 1.72. The minimum absolute atomic E-state index is 0.105. The number of carbonyl (C=O) groups excluding carboxylic acids is 2. The lowest BCUT2D eigenvalue weighted by atomic mass is 10.3. The highest BCUT2D eigenvalue weighted by Crippen LogP contribution is 2.14. The molecule has 1 N–H and O–H groups in total. The van der Waals surface area contributed by atoms with Crippen LogP contribution in [0.4, 0.5) is 5.69 Å². The summed E-state index contributed by atoms with van der Waals surface area (Å²) < 4.78 is 0. The van der Waals surface area contributed by atoms with Gasteiger partial charge in [-0.25, -0.2) is 0 Å². The zero-order valence-electron chi connectivity index (χ0n) is 11.1. The molecular formula is C14H17ClN2O2S. The van der Waals surface area contributed by atoms with Crippen molar-refractivity contribution in [2.75, 3.05) is 29.9 Å². The quantitative estimate of drug-likeness (QED) is 0.909. The van der Waals surface area contributed by atoms with Crippen LogP contribution in [-0.4, -0.2) is 41.3 Å². The normalized spacial score (nSPS) is 14.3. The van der Waals surface area contributed by atoms with Gasteiger partial charge in [0.05, 0.1) is 11.5 Å². The van der Waals surface area contributed by atoms with Crippen molar-refractivity contribution in [1.82, 2.24) is 4.90 Å². The fourth-order valence-corrected chi connectivity index (χ4v) is 2.86. The van der Waals surface area contributed by atoms with Crippen LogP contribution in [0, 0.1) is 0 Å². The standard InChI is InChI=1S/C14H17ClN2O2S/c15-11-3-5-12(6-4-11)16-13(18)9-20-10-14(19)17-7-1-2-8-17/h3-6H,1-2,7-10H2,(H,16,18). The third-order valence-electron chi connectivity index (χ3n) is 3.05. The maximum atomic E-state index is 11.8. The van der Waals surface area contributed by atoms with Gasteiger partial charge in [-0.15, -0.1) is 11.8 Å². The largest absolute Gasteiger partial charge is 0.342 e. The second-order valence-electron chi connectivity index (χ2n) is 4.64. The van der Waals surface area contributed by atoms with Crippen molar-refractivity contribution in [3.05, 3.63) is 29.3 Å². The summed E-state index contributed by atoms with van der Waals surface area (Å²) in [7, 11) is 0. The Labute approximate surface area is 127 Å². The van der Waals surface area contributed by atoms with Crippen LogP contribution in [0.5, 0.6) is 0 Å². The van der Waals surface area contributed by atoms with Gasteiger partial charge in [0, 0.05) is 23.8 Å². The van der Waals surface area contributed by atoms with Crippen LogP contribution in [0.1, 0.15) is 12.8 Å². The van der Waals surface area contributed by atoms with Gasteiger partial charge in [0.15, 0.2) is 0 Å². The van der Waals surface area contributed by atoms with E-state index in [1.807, 2.05) is 4.90 Å². The van der Waals surface area contributed by atoms with Crippen molar-refractivity contribution in [3.8, 4) is 0 Å². The number of thioether (sulfide) groups is 1. The molecule has 20 heavy (non-hydrogen) atoms. The van der Waals surface area contributed by atoms with Crippen molar-refractivity contribution >= 4 is 40.9 Å². The molecule has 1 aromatic rings. The molecule has 108 valence electrons. The summed E-state index contributed by atoms with van der Waals surface area (Å²) in [5.41, 5.74) is 0.714. The number of nitrogens with zero attached hydrogens (tertiary/aromatic N) is 1. The maximum absolute atomic E-state index is 11.8. The molecule has 4 nitrogen and oxygen atoms in total. The van der Waals surface area contributed by atoms with Crippen molar-refractivity contribution in [1.29, 1.82) is 0 Å². The number of amides is 2. The van der Waals surface area contributed by atoms with E-state index in [0.29, 0.717) is 16.5 Å². The molecule has 1 saturated heterocycles. The summed E-state index contributed by atoms with van der Waals surface area (Å²) >= 11 is 7.12. The first kappa shape index (κ1) is 15.2. The lowest BCUT2D eigenvalue weighted by molar-refractivity contribution is -0.127. The van der Waals surface area contributed by atoms with Crippen LogP contribution in [0.15, 0.2) is 24.3 Å². The number of hydrogen-bond acceptors (Lipinski definition) is 3. The smallest absolute Gasteiger partial charge is 0.234 e. The molecule has 2 amide bonds. The Morgan fingerprint density at radius 3 is 2.45 bits per heavy atom. The first-order chi connectivity index (χ1) is 9.65. The molecule has 0 bridgehead atoms. The third kappa shape index (κ3) is 4.72. The van der Waals surface area contributed by atoms with Gasteiger partial charge >= 0.3 is 0 Å². The first-order valence-electron chi connectivity index (χ1n) is 6.56. The Hall–Kier alpha value is -1.20. The monoisotopic (exact) mass is 312 g/mol. The number of benzene rings is 1. The summed E-state index contributed by atoms with van der Waals surface area (Å²) in [5.74, 6) is 0.675. The summed E-state index contributed by atoms with van der Waals surface area (Å²) in [6, 6.07) is 6.95. The second kappa shape index (κ2) is 7.55. The van der Waals surface area contributed by atoms with Crippen molar-refractivity contribution < 1.29 is 9.59 Å². The van der Waals surface area contributed by atoms with Gasteiger partial charge in [-0.1, -0.05) is 11.6 Å². The number of hydrogen-bond donors (Lipinski definition) is 1. The fourth-order valence-electron chi connectivity index (χ4n) is 2.02. The molecule has 1 fully saturated rings. The summed E-state index contributed by atoms with van der Waals surface area (Å²) in [6.07, 6.45) is 2.18. The Morgan fingerprint density at radius 2 is 1.80 bits per heavy atom. The predicted molar refractivity (Wildman–Crippen MR) is 83.2 cm³/mol. The summed E-state index contributed by atoms with van der Waals surface area (Å²) in [5, 5.41) is 3.40. The number of rotatable bonds is 5. The van der Waals surface area contributed by atoms with Crippen LogP contribution in [0.3, 0.4) is 0 Å². The highest BCUT2D eigenvalue weighted by atomic mass is 35.5. The minimum Gasteiger partial charge on any atom is -0.342 e. The molecule has 0 radical (unpaired) electrons. The molecule has 0 saturated carbocycles. The summed E-state index contributed by atoms with van der Waals surface area (Å²) in [4.78, 5) is 25.4. The number of carbonyl (C=O) groups is 2. The Kier molecular flexibility index (Phi) is 5.73. The van der Waals surface area contributed by atoms with Gasteiger partial charge in [-0.05, 0) is 37.1 Å². The lowest BCUT2D eigenvalue weighted by Gasteiger charge is -2.14. The molecule has 1 aromatic carbocycles. The van der Waals surface area contributed by atoms with Crippen molar-refractivity contribution in [2.45, 2.75) is 12.8 Å². The van der Waals surface area contributed by atoms with Crippen molar-refractivity contribution in [2.24, 2.45) is 0 Å². The molecule has 0 spiro atoms. The van der Waals surface area contributed by atoms with E-state index < -0.39 is 0 Å². The van der Waals surface area contributed by atoms with E-state index in [2.05, 4.69) is 5.32 Å². The van der Waals surface area contributed by atoms with Crippen molar-refractivity contribution in [3.63, 3.8) is 0 Å². The number of halogens is 1. The van der Waals surface area contributed by atoms with E-state index in [1.54, 1.807) is 24.3 Å². The second-order valence-corrected chi connectivity index (χ2v) is 6.06. The molecular weight excluding hydrogens is 296 g/mol. The average molecular weight is 313 g/mol. The molecule has 6 heteroatoms. The lowest BCUT2D eigenvalue weighted by Crippen LogP contribution is -2.29. The van der Waals surface area contributed by atoms with Gasteiger partial charge in [-0.2, -0.15) is 0 Å². The Morgan fingerprint density at radius 1 is 1.15 bits per heavy atom. The average Bonchev–Trinajstić information content (AvgIpc) is 2.95. The highest BCUT2D eigenvalue weighted by molar-refractivity contribution is 8.00. The van der Waals surface area contributed by atoms with Crippen LogP contribution in [0.2, 0.25) is 5.02 Å². The Bertz CT molecular complexity index is 473. The van der Waals surface area contributed by atoms with Crippen LogP contribution >= 0.6 is 23.4 Å². The zero-order valence-corrected chi connectivity index (χ0v) is 12.7. The van der Waals surface area contributed by atoms with Gasteiger partial charge in [-0.3, -0.25) is 9.59 Å². The zero-order chi connectivity index (χ0) is 14.4. The van der Waals surface area contributed by atoms with E-state index in [0.717, 1.165) is 25.9 Å². The van der Waals surface area contributed by atoms with Gasteiger partial charge in [0.25, 0.3) is 0 Å². The fraction of sp³-hybridized carbons (Fsp3) is 0.429. The molecule has 1 heterocycles. The third-order valence-corrected chi connectivity index (χ3v) is 4.21. The highest BCUT2D eigenvalue weighted by Gasteiger charge is 2.17. The maximum Gasteiger partial charge on any atom is 0.234 e. The molecule has 0 aliphatic carbocycles. The molecule has 0 aromatic heterocycles.